The molecule has 0 spiro atoms. The second-order valence-electron chi connectivity index (χ2n) is 5.92. The first-order chi connectivity index (χ1) is 13.2. The topological polar surface area (TPSA) is 85.6 Å². The Labute approximate surface area is 184 Å². The second-order valence-corrected chi connectivity index (χ2v) is 5.92. The lowest BCUT2D eigenvalue weighted by Gasteiger charge is -2.11. The van der Waals surface area contributed by atoms with Crippen LogP contribution in [0, 0.1) is 0 Å². The summed E-state index contributed by atoms with van der Waals surface area (Å²) < 4.78 is 12.6. The summed E-state index contributed by atoms with van der Waals surface area (Å²) in [6.45, 7) is 8.49. The summed E-state index contributed by atoms with van der Waals surface area (Å²) in [5, 5.41) is 10.6. The van der Waals surface area contributed by atoms with Crippen molar-refractivity contribution in [3.05, 3.63) is 47.5 Å². The maximum Gasteiger partial charge on any atom is 0.191 e. The van der Waals surface area contributed by atoms with Gasteiger partial charge in [0.15, 0.2) is 5.96 Å². The average molecular weight is 502 g/mol. The molecule has 1 heterocycles. The summed E-state index contributed by atoms with van der Waals surface area (Å²) in [5.41, 5.74) is 2.27. The van der Waals surface area contributed by atoms with Gasteiger partial charge in [-0.1, -0.05) is 24.3 Å². The molecule has 0 saturated carbocycles. The van der Waals surface area contributed by atoms with Crippen LogP contribution in [0.25, 0.3) is 0 Å². The van der Waals surface area contributed by atoms with Crippen LogP contribution in [0.1, 0.15) is 30.8 Å². The normalized spacial score (nSPS) is 11.2. The van der Waals surface area contributed by atoms with Crippen molar-refractivity contribution in [1.29, 1.82) is 0 Å². The molecular formula is C19H31IN6O2. The molecule has 0 aliphatic rings. The summed E-state index contributed by atoms with van der Waals surface area (Å²) in [4.78, 5) is 8.86. The van der Waals surface area contributed by atoms with Gasteiger partial charge in [-0.05, 0) is 25.0 Å². The van der Waals surface area contributed by atoms with Crippen molar-refractivity contribution in [2.24, 2.45) is 12.0 Å². The molecule has 0 atom stereocenters. The third-order valence-electron chi connectivity index (χ3n) is 3.82. The standard InChI is InChI=1S/C19H30N6O2.HI/c1-4-20-19(22-13-18-23-15-24-25(18)3)21-12-16-7-6-8-17(11-16)14-27-10-9-26-5-2;/h6-8,11,15H,4-5,9-10,12-14H2,1-3H3,(H2,20,21,22);1H. The van der Waals surface area contributed by atoms with Crippen LogP contribution in [0.3, 0.4) is 0 Å². The van der Waals surface area contributed by atoms with Gasteiger partial charge < -0.3 is 20.1 Å². The Morgan fingerprint density at radius 1 is 1.14 bits per heavy atom. The lowest BCUT2D eigenvalue weighted by molar-refractivity contribution is 0.0453. The number of ether oxygens (including phenoxy) is 2. The van der Waals surface area contributed by atoms with Crippen LogP contribution in [-0.4, -0.2) is 47.1 Å². The van der Waals surface area contributed by atoms with Crippen LogP contribution < -0.4 is 10.6 Å². The van der Waals surface area contributed by atoms with Crippen molar-refractivity contribution < 1.29 is 9.47 Å². The van der Waals surface area contributed by atoms with E-state index in [4.69, 9.17) is 9.47 Å². The van der Waals surface area contributed by atoms with E-state index in [-0.39, 0.29) is 24.0 Å². The third-order valence-corrected chi connectivity index (χ3v) is 3.82. The van der Waals surface area contributed by atoms with Crippen LogP contribution in [0.15, 0.2) is 35.6 Å². The molecule has 2 aromatic rings. The molecule has 8 nitrogen and oxygen atoms in total. The van der Waals surface area contributed by atoms with Gasteiger partial charge in [0.05, 0.1) is 32.9 Å². The summed E-state index contributed by atoms with van der Waals surface area (Å²) in [6.07, 6.45) is 1.54. The number of aromatic nitrogens is 3. The highest BCUT2D eigenvalue weighted by Crippen LogP contribution is 2.08. The summed E-state index contributed by atoms with van der Waals surface area (Å²) in [5.74, 6) is 1.60. The van der Waals surface area contributed by atoms with E-state index in [0.717, 1.165) is 36.1 Å². The van der Waals surface area contributed by atoms with E-state index in [1.165, 1.54) is 0 Å². The van der Waals surface area contributed by atoms with Gasteiger partial charge >= 0.3 is 0 Å². The van der Waals surface area contributed by atoms with E-state index >= 15 is 0 Å². The summed E-state index contributed by atoms with van der Waals surface area (Å²) in [6, 6.07) is 8.28. The minimum atomic E-state index is 0. The van der Waals surface area contributed by atoms with Gasteiger partial charge in [-0.2, -0.15) is 5.10 Å². The van der Waals surface area contributed by atoms with Crippen molar-refractivity contribution in [2.45, 2.75) is 33.5 Å². The van der Waals surface area contributed by atoms with Crippen molar-refractivity contribution in [2.75, 3.05) is 26.4 Å². The van der Waals surface area contributed by atoms with E-state index in [1.807, 2.05) is 27.0 Å². The third kappa shape index (κ3) is 8.98. The molecule has 0 amide bonds. The molecule has 1 aromatic heterocycles. The number of halogens is 1. The maximum atomic E-state index is 5.63. The highest BCUT2D eigenvalue weighted by molar-refractivity contribution is 14.0. The van der Waals surface area contributed by atoms with Crippen LogP contribution >= 0.6 is 24.0 Å². The molecule has 2 rings (SSSR count). The average Bonchev–Trinajstić information content (AvgIpc) is 3.09. The Morgan fingerprint density at radius 2 is 1.93 bits per heavy atom. The Kier molecular flexibility index (Phi) is 12.4. The molecule has 0 bridgehead atoms. The van der Waals surface area contributed by atoms with E-state index in [2.05, 4.69) is 43.9 Å². The number of nitrogens with zero attached hydrogens (tertiary/aromatic N) is 4. The van der Waals surface area contributed by atoms with Crippen molar-refractivity contribution in [1.82, 2.24) is 25.4 Å². The molecule has 0 aliphatic heterocycles. The number of rotatable bonds is 11. The fourth-order valence-electron chi connectivity index (χ4n) is 2.43. The molecule has 156 valence electrons. The number of nitrogens with one attached hydrogen (secondary N) is 2. The summed E-state index contributed by atoms with van der Waals surface area (Å²) in [7, 11) is 1.87. The van der Waals surface area contributed by atoms with Gasteiger partial charge in [-0.15, -0.1) is 24.0 Å². The maximum absolute atomic E-state index is 5.63. The largest absolute Gasteiger partial charge is 0.379 e. The van der Waals surface area contributed by atoms with Crippen LogP contribution in [0.2, 0.25) is 0 Å². The molecule has 0 fully saturated rings. The lowest BCUT2D eigenvalue weighted by atomic mass is 10.1. The molecule has 0 saturated heterocycles. The minimum Gasteiger partial charge on any atom is -0.379 e. The van der Waals surface area contributed by atoms with Gasteiger partial charge in [-0.25, -0.2) is 9.98 Å². The fourth-order valence-corrected chi connectivity index (χ4v) is 2.43. The first-order valence-electron chi connectivity index (χ1n) is 9.31. The van der Waals surface area contributed by atoms with Gasteiger partial charge in [0, 0.05) is 20.2 Å². The number of hydrogen-bond acceptors (Lipinski definition) is 5. The van der Waals surface area contributed by atoms with Gasteiger partial charge in [0.1, 0.15) is 12.2 Å². The SMILES string of the molecule is CCNC(=NCc1cccc(COCCOCC)c1)NCc1ncnn1C.I. The number of aryl methyl sites for hydroxylation is 1. The Morgan fingerprint density at radius 3 is 2.64 bits per heavy atom. The molecular weight excluding hydrogens is 471 g/mol. The highest BCUT2D eigenvalue weighted by atomic mass is 127. The van der Waals surface area contributed by atoms with E-state index in [0.29, 0.717) is 32.9 Å². The Bertz CT molecular complexity index is 707. The number of benzene rings is 1. The monoisotopic (exact) mass is 502 g/mol. The van der Waals surface area contributed by atoms with Gasteiger partial charge in [0.25, 0.3) is 0 Å². The molecule has 28 heavy (non-hydrogen) atoms. The molecule has 0 unspecified atom stereocenters. The second kappa shape index (κ2) is 14.3. The predicted molar refractivity (Wildman–Crippen MR) is 121 cm³/mol. The smallest absolute Gasteiger partial charge is 0.191 e. The van der Waals surface area contributed by atoms with Crippen molar-refractivity contribution >= 4 is 29.9 Å². The molecule has 2 N–H and O–H groups in total. The van der Waals surface area contributed by atoms with Crippen LogP contribution in [-0.2, 0) is 36.2 Å². The number of guanidine groups is 1. The van der Waals surface area contributed by atoms with Crippen LogP contribution in [0.5, 0.6) is 0 Å². The quantitative estimate of drug-likeness (QED) is 0.212. The number of hydrogen-bond donors (Lipinski definition) is 2. The molecule has 0 aliphatic carbocycles. The van der Waals surface area contributed by atoms with Crippen molar-refractivity contribution in [3.63, 3.8) is 0 Å². The van der Waals surface area contributed by atoms with E-state index in [1.54, 1.807) is 11.0 Å². The Hall–Kier alpha value is -1.72. The fraction of sp³-hybridized carbons (Fsp3) is 0.526. The minimum absolute atomic E-state index is 0. The molecule has 9 heteroatoms. The van der Waals surface area contributed by atoms with E-state index < -0.39 is 0 Å². The van der Waals surface area contributed by atoms with Gasteiger partial charge in [0.2, 0.25) is 0 Å². The number of aliphatic imine (C=N–C) groups is 1. The van der Waals surface area contributed by atoms with E-state index in [9.17, 15) is 0 Å². The summed E-state index contributed by atoms with van der Waals surface area (Å²) >= 11 is 0. The molecule has 1 aromatic carbocycles. The Balaban J connectivity index is 0.00000392. The zero-order valence-electron chi connectivity index (χ0n) is 16.9. The zero-order chi connectivity index (χ0) is 19.3. The molecule has 0 radical (unpaired) electrons. The van der Waals surface area contributed by atoms with Crippen molar-refractivity contribution in [3.8, 4) is 0 Å². The van der Waals surface area contributed by atoms with Crippen LogP contribution in [0.4, 0.5) is 0 Å². The first-order valence-corrected chi connectivity index (χ1v) is 9.31. The highest BCUT2D eigenvalue weighted by Gasteiger charge is 2.03. The first kappa shape index (κ1) is 24.3. The lowest BCUT2D eigenvalue weighted by Crippen LogP contribution is -2.37. The van der Waals surface area contributed by atoms with Gasteiger partial charge in [-0.3, -0.25) is 4.68 Å². The zero-order valence-corrected chi connectivity index (χ0v) is 19.2. The predicted octanol–water partition coefficient (Wildman–Crippen LogP) is 2.24.